The third-order valence-electron chi connectivity index (χ3n) is 2.71. The molecule has 0 unspecified atom stereocenters. The maximum absolute atomic E-state index is 3.97. The lowest BCUT2D eigenvalue weighted by atomic mass is 9.86. The number of hydrogen-bond acceptors (Lipinski definition) is 3. The SMILES string of the molecule is CC(C)NCCC(C)(C)c1cnnn1C. The highest BCUT2D eigenvalue weighted by atomic mass is 15.4. The molecule has 86 valence electrons. The number of nitrogens with one attached hydrogen (secondary N) is 1. The van der Waals surface area contributed by atoms with Gasteiger partial charge >= 0.3 is 0 Å². The van der Waals surface area contributed by atoms with Gasteiger partial charge in [-0.25, -0.2) is 0 Å². The summed E-state index contributed by atoms with van der Waals surface area (Å²) in [6.07, 6.45) is 2.95. The molecule has 0 aliphatic carbocycles. The van der Waals surface area contributed by atoms with Gasteiger partial charge in [0.05, 0.1) is 11.9 Å². The molecular weight excluding hydrogens is 188 g/mol. The molecule has 1 aromatic rings. The van der Waals surface area contributed by atoms with E-state index in [9.17, 15) is 0 Å². The number of nitrogens with zero attached hydrogens (tertiary/aromatic N) is 3. The molecule has 0 radical (unpaired) electrons. The van der Waals surface area contributed by atoms with Crippen molar-refractivity contribution < 1.29 is 0 Å². The van der Waals surface area contributed by atoms with Crippen LogP contribution in [0.2, 0.25) is 0 Å². The Morgan fingerprint density at radius 2 is 2.13 bits per heavy atom. The third kappa shape index (κ3) is 3.30. The smallest absolute Gasteiger partial charge is 0.0730 e. The van der Waals surface area contributed by atoms with Crippen LogP contribution in [-0.2, 0) is 12.5 Å². The summed E-state index contributed by atoms with van der Waals surface area (Å²) >= 11 is 0. The molecule has 1 rings (SSSR count). The van der Waals surface area contributed by atoms with E-state index >= 15 is 0 Å². The molecule has 0 spiro atoms. The minimum Gasteiger partial charge on any atom is -0.314 e. The fourth-order valence-corrected chi connectivity index (χ4v) is 1.70. The van der Waals surface area contributed by atoms with Crippen LogP contribution in [0.1, 0.15) is 39.8 Å². The van der Waals surface area contributed by atoms with Crippen LogP contribution in [0, 0.1) is 0 Å². The van der Waals surface area contributed by atoms with Crippen LogP contribution >= 0.6 is 0 Å². The molecule has 1 N–H and O–H groups in total. The van der Waals surface area contributed by atoms with Gasteiger partial charge in [-0.15, -0.1) is 5.10 Å². The van der Waals surface area contributed by atoms with Gasteiger partial charge in [0.25, 0.3) is 0 Å². The molecule has 1 heterocycles. The standard InChI is InChI=1S/C11H22N4/c1-9(2)12-7-6-11(3,4)10-8-13-14-15(10)5/h8-9,12H,6-7H2,1-5H3. The number of rotatable bonds is 5. The fourth-order valence-electron chi connectivity index (χ4n) is 1.70. The van der Waals surface area contributed by atoms with Crippen LogP contribution in [0.4, 0.5) is 0 Å². The second kappa shape index (κ2) is 4.75. The van der Waals surface area contributed by atoms with Gasteiger partial charge in [-0.05, 0) is 13.0 Å². The molecule has 0 amide bonds. The fraction of sp³-hybridized carbons (Fsp3) is 0.818. The first-order valence-electron chi connectivity index (χ1n) is 5.52. The molecule has 4 heteroatoms. The van der Waals surface area contributed by atoms with E-state index in [0.29, 0.717) is 6.04 Å². The van der Waals surface area contributed by atoms with Gasteiger partial charge in [0, 0.05) is 18.5 Å². The molecule has 0 bridgehead atoms. The Kier molecular flexibility index (Phi) is 3.85. The van der Waals surface area contributed by atoms with Gasteiger partial charge in [0.15, 0.2) is 0 Å². The Morgan fingerprint density at radius 3 is 2.60 bits per heavy atom. The highest BCUT2D eigenvalue weighted by Gasteiger charge is 2.23. The Bertz CT molecular complexity index is 301. The predicted octanol–water partition coefficient (Wildman–Crippen LogP) is 1.48. The van der Waals surface area contributed by atoms with Crippen molar-refractivity contribution in [2.24, 2.45) is 7.05 Å². The van der Waals surface area contributed by atoms with Gasteiger partial charge in [-0.1, -0.05) is 32.9 Å². The molecule has 0 aromatic carbocycles. The molecule has 4 nitrogen and oxygen atoms in total. The van der Waals surface area contributed by atoms with Crippen molar-refractivity contribution in [2.75, 3.05) is 6.54 Å². The molecule has 0 fully saturated rings. The first kappa shape index (κ1) is 12.2. The first-order valence-corrected chi connectivity index (χ1v) is 5.52. The van der Waals surface area contributed by atoms with Gasteiger partial charge < -0.3 is 5.32 Å². The number of aromatic nitrogens is 3. The van der Waals surface area contributed by atoms with E-state index < -0.39 is 0 Å². The number of hydrogen-bond donors (Lipinski definition) is 1. The van der Waals surface area contributed by atoms with Gasteiger partial charge in [0.2, 0.25) is 0 Å². The quantitative estimate of drug-likeness (QED) is 0.800. The van der Waals surface area contributed by atoms with E-state index in [1.807, 2.05) is 17.9 Å². The minimum atomic E-state index is 0.125. The van der Waals surface area contributed by atoms with E-state index in [1.165, 1.54) is 5.69 Å². The summed E-state index contributed by atoms with van der Waals surface area (Å²) in [6, 6.07) is 0.547. The summed E-state index contributed by atoms with van der Waals surface area (Å²) in [5.74, 6) is 0. The van der Waals surface area contributed by atoms with Crippen molar-refractivity contribution in [1.82, 2.24) is 20.3 Å². The molecular formula is C11H22N4. The second-order valence-corrected chi connectivity index (χ2v) is 4.99. The highest BCUT2D eigenvalue weighted by molar-refractivity contribution is 5.09. The maximum atomic E-state index is 3.97. The maximum Gasteiger partial charge on any atom is 0.0730 e. The lowest BCUT2D eigenvalue weighted by Gasteiger charge is -2.24. The van der Waals surface area contributed by atoms with Gasteiger partial charge in [0.1, 0.15) is 0 Å². The zero-order chi connectivity index (χ0) is 11.5. The van der Waals surface area contributed by atoms with Crippen LogP contribution < -0.4 is 5.32 Å². The summed E-state index contributed by atoms with van der Waals surface area (Å²) in [7, 11) is 1.94. The largest absolute Gasteiger partial charge is 0.314 e. The molecule has 0 saturated carbocycles. The predicted molar refractivity (Wildman–Crippen MR) is 61.8 cm³/mol. The second-order valence-electron chi connectivity index (χ2n) is 4.99. The van der Waals surface area contributed by atoms with Crippen molar-refractivity contribution in [3.63, 3.8) is 0 Å². The van der Waals surface area contributed by atoms with Crippen molar-refractivity contribution >= 4 is 0 Å². The van der Waals surface area contributed by atoms with Crippen LogP contribution in [0.15, 0.2) is 6.20 Å². The summed E-state index contributed by atoms with van der Waals surface area (Å²) < 4.78 is 1.86. The van der Waals surface area contributed by atoms with Crippen molar-refractivity contribution in [2.45, 2.75) is 45.6 Å². The Labute approximate surface area is 92.1 Å². The zero-order valence-electron chi connectivity index (χ0n) is 10.4. The first-order chi connectivity index (χ1) is 6.93. The van der Waals surface area contributed by atoms with Crippen LogP contribution in [0.3, 0.4) is 0 Å². The Morgan fingerprint density at radius 1 is 1.47 bits per heavy atom. The van der Waals surface area contributed by atoms with Crippen LogP contribution in [-0.4, -0.2) is 27.6 Å². The molecule has 0 atom stereocenters. The molecule has 15 heavy (non-hydrogen) atoms. The average Bonchev–Trinajstić information content (AvgIpc) is 2.50. The van der Waals surface area contributed by atoms with E-state index in [-0.39, 0.29) is 5.41 Å². The van der Waals surface area contributed by atoms with E-state index in [0.717, 1.165) is 13.0 Å². The van der Waals surface area contributed by atoms with Crippen LogP contribution in [0.25, 0.3) is 0 Å². The molecule has 0 saturated heterocycles. The van der Waals surface area contributed by atoms with Crippen LogP contribution in [0.5, 0.6) is 0 Å². The van der Waals surface area contributed by atoms with Crippen molar-refractivity contribution in [3.05, 3.63) is 11.9 Å². The van der Waals surface area contributed by atoms with Gasteiger partial charge in [-0.2, -0.15) is 0 Å². The minimum absolute atomic E-state index is 0.125. The van der Waals surface area contributed by atoms with E-state index in [4.69, 9.17) is 0 Å². The van der Waals surface area contributed by atoms with Crippen molar-refractivity contribution in [3.8, 4) is 0 Å². The van der Waals surface area contributed by atoms with Crippen molar-refractivity contribution in [1.29, 1.82) is 0 Å². The van der Waals surface area contributed by atoms with E-state index in [1.54, 1.807) is 0 Å². The monoisotopic (exact) mass is 210 g/mol. The Balaban J connectivity index is 2.56. The summed E-state index contributed by atoms with van der Waals surface area (Å²) in [4.78, 5) is 0. The number of aryl methyl sites for hydroxylation is 1. The lowest BCUT2D eigenvalue weighted by molar-refractivity contribution is 0.414. The summed E-state index contributed by atoms with van der Waals surface area (Å²) in [6.45, 7) is 9.81. The van der Waals surface area contributed by atoms with Gasteiger partial charge in [-0.3, -0.25) is 4.68 Å². The topological polar surface area (TPSA) is 42.7 Å². The lowest BCUT2D eigenvalue weighted by Crippen LogP contribution is -2.30. The zero-order valence-corrected chi connectivity index (χ0v) is 10.4. The summed E-state index contributed by atoms with van der Waals surface area (Å²) in [5.41, 5.74) is 1.31. The normalized spacial score (nSPS) is 12.4. The van der Waals surface area contributed by atoms with E-state index in [2.05, 4.69) is 43.3 Å². The summed E-state index contributed by atoms with van der Waals surface area (Å²) in [5, 5.41) is 11.3. The molecule has 0 aliphatic rings. The molecule has 0 aliphatic heterocycles. The molecule has 1 aromatic heterocycles. The highest BCUT2D eigenvalue weighted by Crippen LogP contribution is 2.24. The Hall–Kier alpha value is -0.900. The average molecular weight is 210 g/mol. The third-order valence-corrected chi connectivity index (χ3v) is 2.71.